The molecule has 0 radical (unpaired) electrons. The molecule has 0 spiro atoms. The first kappa shape index (κ1) is 15.4. The Kier molecular flexibility index (Phi) is 6.09. The molecule has 0 aromatic heterocycles. The van der Waals surface area contributed by atoms with Gasteiger partial charge in [0, 0.05) is 23.0 Å². The average Bonchev–Trinajstić information content (AvgIpc) is 2.29. The zero-order chi connectivity index (χ0) is 13.6. The summed E-state index contributed by atoms with van der Waals surface area (Å²) in [4.78, 5) is 0. The van der Waals surface area contributed by atoms with Crippen LogP contribution in [0, 0.1) is 0 Å². The van der Waals surface area contributed by atoms with Gasteiger partial charge in [0.05, 0.1) is 13.3 Å². The molecule has 18 heavy (non-hydrogen) atoms. The molecule has 0 saturated heterocycles. The van der Waals surface area contributed by atoms with Crippen LogP contribution in [0.4, 0.5) is 4.39 Å². The summed E-state index contributed by atoms with van der Waals surface area (Å²) in [5.41, 5.74) is 1.22. The van der Waals surface area contributed by atoms with Gasteiger partial charge in [0.1, 0.15) is 5.75 Å². The minimum atomic E-state index is -0.338. The van der Waals surface area contributed by atoms with Crippen molar-refractivity contribution in [3.8, 4) is 5.75 Å². The van der Waals surface area contributed by atoms with Crippen molar-refractivity contribution in [1.82, 2.24) is 5.32 Å². The van der Waals surface area contributed by atoms with E-state index in [-0.39, 0.29) is 12.2 Å². The van der Waals surface area contributed by atoms with E-state index in [1.54, 1.807) is 0 Å². The van der Waals surface area contributed by atoms with Crippen LogP contribution < -0.4 is 10.1 Å². The van der Waals surface area contributed by atoms with E-state index in [1.807, 2.05) is 18.2 Å². The van der Waals surface area contributed by atoms with Crippen molar-refractivity contribution in [3.63, 3.8) is 0 Å². The van der Waals surface area contributed by atoms with Gasteiger partial charge in [0.2, 0.25) is 0 Å². The largest absolute Gasteiger partial charge is 0.493 e. The first-order chi connectivity index (χ1) is 8.42. The van der Waals surface area contributed by atoms with Gasteiger partial charge in [-0.2, -0.15) is 0 Å². The fourth-order valence-corrected chi connectivity index (χ4v) is 1.77. The van der Waals surface area contributed by atoms with E-state index >= 15 is 0 Å². The molecule has 0 unspecified atom stereocenters. The number of nitrogens with one attached hydrogen (secondary N) is 1. The Morgan fingerprint density at radius 3 is 2.67 bits per heavy atom. The molecule has 1 aromatic carbocycles. The van der Waals surface area contributed by atoms with Gasteiger partial charge in [-0.25, -0.2) is 0 Å². The Bertz CT molecular complexity index is 377. The van der Waals surface area contributed by atoms with Crippen molar-refractivity contribution in [2.75, 3.05) is 13.3 Å². The summed E-state index contributed by atoms with van der Waals surface area (Å²) in [5, 5.41) is 3.43. The number of benzene rings is 1. The van der Waals surface area contributed by atoms with Gasteiger partial charge in [0.25, 0.3) is 0 Å². The first-order valence-corrected chi connectivity index (χ1v) is 6.94. The second kappa shape index (κ2) is 7.10. The van der Waals surface area contributed by atoms with Gasteiger partial charge >= 0.3 is 0 Å². The second-order valence-electron chi connectivity index (χ2n) is 5.25. The summed E-state index contributed by atoms with van der Waals surface area (Å²) in [5.74, 6) is 0.789. The van der Waals surface area contributed by atoms with Gasteiger partial charge in [-0.3, -0.25) is 4.39 Å². The van der Waals surface area contributed by atoms with Crippen LogP contribution in [0.15, 0.2) is 22.7 Å². The highest BCUT2D eigenvalue weighted by Gasteiger charge is 2.10. The molecule has 0 aliphatic heterocycles. The van der Waals surface area contributed by atoms with E-state index in [4.69, 9.17) is 4.74 Å². The van der Waals surface area contributed by atoms with Crippen LogP contribution in [0.25, 0.3) is 0 Å². The quantitative estimate of drug-likeness (QED) is 0.798. The molecule has 102 valence electrons. The number of hydrogen-bond donors (Lipinski definition) is 1. The molecule has 2 nitrogen and oxygen atoms in total. The van der Waals surface area contributed by atoms with Crippen LogP contribution in [0.2, 0.25) is 0 Å². The first-order valence-electron chi connectivity index (χ1n) is 6.14. The van der Waals surface area contributed by atoms with E-state index in [2.05, 4.69) is 42.0 Å². The standard InChI is InChI=1S/C14H21BrFNO/c1-14(2,3)17-10-11-9-12(5-6-13(11)15)18-8-4-7-16/h5-6,9,17H,4,7-8,10H2,1-3H3. The van der Waals surface area contributed by atoms with Gasteiger partial charge in [-0.1, -0.05) is 15.9 Å². The molecule has 1 aromatic rings. The molecular formula is C14H21BrFNO. The Morgan fingerprint density at radius 2 is 2.06 bits per heavy atom. The fraction of sp³-hybridized carbons (Fsp3) is 0.571. The van der Waals surface area contributed by atoms with Crippen molar-refractivity contribution in [1.29, 1.82) is 0 Å². The molecule has 0 fully saturated rings. The summed E-state index contributed by atoms with van der Waals surface area (Å²) >= 11 is 3.52. The molecule has 0 bridgehead atoms. The lowest BCUT2D eigenvalue weighted by Crippen LogP contribution is -2.35. The van der Waals surface area contributed by atoms with E-state index in [9.17, 15) is 4.39 Å². The summed E-state index contributed by atoms with van der Waals surface area (Å²) in [6.07, 6.45) is 0.436. The monoisotopic (exact) mass is 317 g/mol. The second-order valence-corrected chi connectivity index (χ2v) is 6.10. The van der Waals surface area contributed by atoms with Gasteiger partial charge in [0.15, 0.2) is 0 Å². The van der Waals surface area contributed by atoms with Crippen LogP contribution >= 0.6 is 15.9 Å². The summed E-state index contributed by atoms with van der Waals surface area (Å²) in [7, 11) is 0. The average molecular weight is 318 g/mol. The predicted molar refractivity (Wildman–Crippen MR) is 76.8 cm³/mol. The normalized spacial score (nSPS) is 11.6. The molecule has 4 heteroatoms. The maximum Gasteiger partial charge on any atom is 0.119 e. The zero-order valence-corrected chi connectivity index (χ0v) is 12.8. The highest BCUT2D eigenvalue weighted by atomic mass is 79.9. The highest BCUT2D eigenvalue weighted by molar-refractivity contribution is 9.10. The van der Waals surface area contributed by atoms with E-state index in [0.29, 0.717) is 13.0 Å². The Labute approximate surface area is 117 Å². The van der Waals surface area contributed by atoms with E-state index in [1.165, 1.54) is 0 Å². The molecule has 0 atom stereocenters. The summed E-state index contributed by atoms with van der Waals surface area (Å²) < 4.78 is 18.5. The Balaban J connectivity index is 2.63. The molecule has 0 saturated carbocycles. The number of ether oxygens (including phenoxy) is 1. The van der Waals surface area contributed by atoms with Crippen LogP contribution in [0.1, 0.15) is 32.8 Å². The summed E-state index contributed by atoms with van der Waals surface area (Å²) in [6, 6.07) is 5.84. The third kappa shape index (κ3) is 5.83. The van der Waals surface area contributed by atoms with Crippen LogP contribution in [-0.2, 0) is 6.54 Å². The number of rotatable bonds is 6. The topological polar surface area (TPSA) is 21.3 Å². The lowest BCUT2D eigenvalue weighted by Gasteiger charge is -2.21. The van der Waals surface area contributed by atoms with Gasteiger partial charge in [-0.05, 0) is 44.5 Å². The Hall–Kier alpha value is -0.610. The van der Waals surface area contributed by atoms with Crippen molar-refractivity contribution < 1.29 is 9.13 Å². The molecule has 0 heterocycles. The van der Waals surface area contributed by atoms with Gasteiger partial charge in [-0.15, -0.1) is 0 Å². The van der Waals surface area contributed by atoms with Crippen molar-refractivity contribution in [3.05, 3.63) is 28.2 Å². The molecular weight excluding hydrogens is 297 g/mol. The smallest absolute Gasteiger partial charge is 0.119 e. The Morgan fingerprint density at radius 1 is 1.33 bits per heavy atom. The molecule has 0 amide bonds. The fourth-order valence-electron chi connectivity index (χ4n) is 1.38. The van der Waals surface area contributed by atoms with Crippen LogP contribution in [0.5, 0.6) is 5.75 Å². The minimum absolute atomic E-state index is 0.0739. The third-order valence-corrected chi connectivity index (χ3v) is 3.15. The molecule has 0 aliphatic rings. The van der Waals surface area contributed by atoms with Crippen LogP contribution in [-0.4, -0.2) is 18.8 Å². The maximum atomic E-state index is 12.0. The molecule has 0 aliphatic carbocycles. The maximum absolute atomic E-state index is 12.0. The third-order valence-electron chi connectivity index (χ3n) is 2.37. The van der Waals surface area contributed by atoms with Gasteiger partial charge < -0.3 is 10.1 Å². The highest BCUT2D eigenvalue weighted by Crippen LogP contribution is 2.23. The number of alkyl halides is 1. The molecule has 1 rings (SSSR count). The van der Waals surface area contributed by atoms with Crippen molar-refractivity contribution in [2.45, 2.75) is 39.3 Å². The van der Waals surface area contributed by atoms with Crippen molar-refractivity contribution >= 4 is 15.9 Å². The predicted octanol–water partition coefficient (Wildman–Crippen LogP) is 4.08. The van der Waals surface area contributed by atoms with Crippen LogP contribution in [0.3, 0.4) is 0 Å². The van der Waals surface area contributed by atoms with Crippen molar-refractivity contribution in [2.24, 2.45) is 0 Å². The number of hydrogen-bond acceptors (Lipinski definition) is 2. The van der Waals surface area contributed by atoms with E-state index in [0.717, 1.165) is 22.3 Å². The summed E-state index contributed by atoms with van der Waals surface area (Å²) in [6.45, 7) is 7.23. The lowest BCUT2D eigenvalue weighted by molar-refractivity contribution is 0.289. The zero-order valence-electron chi connectivity index (χ0n) is 11.2. The van der Waals surface area contributed by atoms with E-state index < -0.39 is 0 Å². The minimum Gasteiger partial charge on any atom is -0.493 e. The lowest BCUT2D eigenvalue weighted by atomic mass is 10.1. The SMILES string of the molecule is CC(C)(C)NCc1cc(OCCCF)ccc1Br. The molecule has 1 N–H and O–H groups in total. The number of halogens is 2.